The molecule has 0 aromatic heterocycles. The van der Waals surface area contributed by atoms with Gasteiger partial charge in [0.1, 0.15) is 12.1 Å². The molecule has 5 amide bonds. The number of amides is 5. The van der Waals surface area contributed by atoms with Crippen molar-refractivity contribution in [2.24, 2.45) is 23.7 Å². The van der Waals surface area contributed by atoms with E-state index in [1.54, 1.807) is 4.90 Å². The summed E-state index contributed by atoms with van der Waals surface area (Å²) in [5, 5.41) is 11.7. The highest BCUT2D eigenvalue weighted by molar-refractivity contribution is 6.38. The Hall–Kier alpha value is -2.91. The minimum atomic E-state index is -0.959. The Labute approximate surface area is 249 Å². The Morgan fingerprint density at radius 1 is 0.929 bits per heavy atom. The number of nitrogens with one attached hydrogen (secondary N) is 4. The second-order valence-electron chi connectivity index (χ2n) is 13.7. The molecule has 4 N–H and O–H groups in total. The molecule has 42 heavy (non-hydrogen) atoms. The maximum Gasteiger partial charge on any atom is 0.315 e. The van der Waals surface area contributed by atoms with Gasteiger partial charge in [0.25, 0.3) is 5.91 Å². The fourth-order valence-electron chi connectivity index (χ4n) is 9.07. The highest BCUT2D eigenvalue weighted by atomic mass is 16.2. The predicted molar refractivity (Wildman–Crippen MR) is 158 cm³/mol. The van der Waals surface area contributed by atoms with Crippen molar-refractivity contribution in [1.29, 1.82) is 0 Å². The maximum absolute atomic E-state index is 14.1. The fourth-order valence-corrected chi connectivity index (χ4v) is 9.07. The van der Waals surface area contributed by atoms with Crippen LogP contribution >= 0.6 is 0 Å². The molecule has 6 aliphatic rings. The molecule has 0 aromatic carbocycles. The third-order valence-corrected chi connectivity index (χ3v) is 10.5. The third kappa shape index (κ3) is 6.67. The van der Waals surface area contributed by atoms with E-state index in [2.05, 4.69) is 27.8 Å². The minimum Gasteiger partial charge on any atom is -0.346 e. The van der Waals surface area contributed by atoms with E-state index in [-0.39, 0.29) is 29.9 Å². The van der Waals surface area contributed by atoms with Gasteiger partial charge in [-0.2, -0.15) is 0 Å². The molecule has 10 nitrogen and oxygen atoms in total. The molecule has 1 unspecified atom stereocenters. The number of carbonyl (C=O) groups excluding carboxylic acids is 5. The van der Waals surface area contributed by atoms with Crippen molar-refractivity contribution in [3.63, 3.8) is 0 Å². The molecule has 6 fully saturated rings. The Bertz CT molecular complexity index is 1030. The quantitative estimate of drug-likeness (QED) is 0.207. The molecule has 1 saturated heterocycles. The molecular weight excluding hydrogens is 534 g/mol. The van der Waals surface area contributed by atoms with E-state index in [1.807, 2.05) is 6.92 Å². The Morgan fingerprint density at radius 2 is 1.57 bits per heavy atom. The number of likely N-dealkylation sites (tertiary alicyclic amines) is 1. The first kappa shape index (κ1) is 30.5. The standard InChI is InChI=1S/C32H49N5O5/c1-3-8-24(27(38)29(40)33-12-4-2)34-28(39)25-11-7-13-37(25)30(41)26(23-9-5-6-10-23)35-31(42)36-32-17-20-14-21(18-32)16-22(15-20)19-32/h4,20-26H,2-3,5-19H2,1H3,(H,33,40)(H,34,39)(H2,35,36,42)/t20?,21?,22?,24?,25-,26-,32?/m0/s1. The molecule has 1 aliphatic heterocycles. The lowest BCUT2D eigenvalue weighted by atomic mass is 9.53. The van der Waals surface area contributed by atoms with Gasteiger partial charge in [0.2, 0.25) is 17.6 Å². The van der Waals surface area contributed by atoms with Crippen molar-refractivity contribution < 1.29 is 24.0 Å². The van der Waals surface area contributed by atoms with E-state index in [0.29, 0.717) is 50.0 Å². The first-order chi connectivity index (χ1) is 20.2. The van der Waals surface area contributed by atoms with Crippen LogP contribution in [0.15, 0.2) is 12.7 Å². The van der Waals surface area contributed by atoms with E-state index in [0.717, 1.165) is 44.9 Å². The van der Waals surface area contributed by atoms with Gasteiger partial charge in [-0.3, -0.25) is 19.2 Å². The topological polar surface area (TPSA) is 137 Å². The predicted octanol–water partition coefficient (Wildman–Crippen LogP) is 2.96. The summed E-state index contributed by atoms with van der Waals surface area (Å²) in [5.74, 6) is 0.0253. The summed E-state index contributed by atoms with van der Waals surface area (Å²) in [7, 11) is 0. The number of Topliss-reactive ketones (excluding diaryl/α,β-unsaturated/α-hetero) is 1. The molecule has 232 valence electrons. The molecule has 1 heterocycles. The van der Waals surface area contributed by atoms with E-state index >= 15 is 0 Å². The van der Waals surface area contributed by atoms with Crippen LogP contribution in [0.5, 0.6) is 0 Å². The zero-order valence-electron chi connectivity index (χ0n) is 25.1. The number of carbonyl (C=O) groups is 5. The van der Waals surface area contributed by atoms with Crippen molar-refractivity contribution in [3.05, 3.63) is 12.7 Å². The fraction of sp³-hybridized carbons (Fsp3) is 0.781. The van der Waals surface area contributed by atoms with E-state index in [9.17, 15) is 24.0 Å². The molecule has 5 aliphatic carbocycles. The van der Waals surface area contributed by atoms with Crippen LogP contribution < -0.4 is 21.3 Å². The van der Waals surface area contributed by atoms with Gasteiger partial charge >= 0.3 is 6.03 Å². The van der Waals surface area contributed by atoms with Crippen molar-refractivity contribution in [2.75, 3.05) is 13.1 Å². The average Bonchev–Trinajstić information content (AvgIpc) is 3.65. The van der Waals surface area contributed by atoms with E-state index in [4.69, 9.17) is 0 Å². The lowest BCUT2D eigenvalue weighted by Gasteiger charge is -2.56. The lowest BCUT2D eigenvalue weighted by Crippen LogP contribution is -2.64. The van der Waals surface area contributed by atoms with Crippen LogP contribution in [0.4, 0.5) is 4.79 Å². The highest BCUT2D eigenvalue weighted by Crippen LogP contribution is 2.55. The first-order valence-electron chi connectivity index (χ1n) is 16.3. The first-order valence-corrected chi connectivity index (χ1v) is 16.3. The van der Waals surface area contributed by atoms with Crippen molar-refractivity contribution in [2.45, 2.75) is 120 Å². The average molecular weight is 584 g/mol. The van der Waals surface area contributed by atoms with Crippen LogP contribution in [0, 0.1) is 23.7 Å². The number of ketones is 1. The van der Waals surface area contributed by atoms with Gasteiger partial charge in [-0.1, -0.05) is 32.3 Å². The van der Waals surface area contributed by atoms with Crippen LogP contribution in [-0.4, -0.2) is 71.2 Å². The van der Waals surface area contributed by atoms with Gasteiger partial charge in [0.15, 0.2) is 0 Å². The Balaban J connectivity index is 1.25. The molecular formula is C32H49N5O5. The van der Waals surface area contributed by atoms with Gasteiger partial charge in [-0.15, -0.1) is 6.58 Å². The normalized spacial score (nSPS) is 31.3. The molecule has 3 atom stereocenters. The van der Waals surface area contributed by atoms with E-state index < -0.39 is 35.7 Å². The number of hydrogen-bond acceptors (Lipinski definition) is 5. The largest absolute Gasteiger partial charge is 0.346 e. The summed E-state index contributed by atoms with van der Waals surface area (Å²) < 4.78 is 0. The summed E-state index contributed by atoms with van der Waals surface area (Å²) in [4.78, 5) is 67.7. The molecule has 0 aromatic rings. The van der Waals surface area contributed by atoms with Crippen LogP contribution in [0.2, 0.25) is 0 Å². The van der Waals surface area contributed by atoms with Gasteiger partial charge < -0.3 is 26.2 Å². The third-order valence-electron chi connectivity index (χ3n) is 10.5. The van der Waals surface area contributed by atoms with Gasteiger partial charge in [0.05, 0.1) is 6.04 Å². The highest BCUT2D eigenvalue weighted by Gasteiger charge is 2.52. The molecule has 10 heteroatoms. The van der Waals surface area contributed by atoms with Crippen LogP contribution in [0.25, 0.3) is 0 Å². The number of nitrogens with zero attached hydrogens (tertiary/aromatic N) is 1. The number of hydrogen-bond donors (Lipinski definition) is 4. The molecule has 0 radical (unpaired) electrons. The van der Waals surface area contributed by atoms with Crippen molar-refractivity contribution >= 4 is 29.5 Å². The Kier molecular flexibility index (Phi) is 9.57. The summed E-state index contributed by atoms with van der Waals surface area (Å²) >= 11 is 0. The van der Waals surface area contributed by atoms with Gasteiger partial charge in [0, 0.05) is 18.6 Å². The SMILES string of the molecule is C=CCNC(=O)C(=O)C(CCC)NC(=O)[C@@H]1CCCN1C(=O)[C@@H](NC(=O)NC12CC3CC(CC(C3)C1)C2)C1CCCC1. The molecule has 5 saturated carbocycles. The summed E-state index contributed by atoms with van der Waals surface area (Å²) in [6.45, 7) is 6.01. The Morgan fingerprint density at radius 3 is 2.17 bits per heavy atom. The minimum absolute atomic E-state index is 0.0342. The summed E-state index contributed by atoms with van der Waals surface area (Å²) in [6, 6.07) is -2.65. The summed E-state index contributed by atoms with van der Waals surface area (Å²) in [6.07, 6.45) is 14.3. The number of rotatable bonds is 12. The monoisotopic (exact) mass is 583 g/mol. The zero-order chi connectivity index (χ0) is 29.9. The second-order valence-corrected chi connectivity index (χ2v) is 13.7. The van der Waals surface area contributed by atoms with Crippen molar-refractivity contribution in [3.8, 4) is 0 Å². The molecule has 4 bridgehead atoms. The zero-order valence-corrected chi connectivity index (χ0v) is 25.1. The molecule has 6 rings (SSSR count). The van der Waals surface area contributed by atoms with Gasteiger partial charge in [-0.25, -0.2) is 4.79 Å². The van der Waals surface area contributed by atoms with Crippen LogP contribution in [0.1, 0.15) is 96.8 Å². The number of urea groups is 1. The van der Waals surface area contributed by atoms with E-state index in [1.165, 1.54) is 25.3 Å². The van der Waals surface area contributed by atoms with Gasteiger partial charge in [-0.05, 0) is 94.3 Å². The van der Waals surface area contributed by atoms with Crippen LogP contribution in [0.3, 0.4) is 0 Å². The molecule has 0 spiro atoms. The summed E-state index contributed by atoms with van der Waals surface area (Å²) in [5.41, 5.74) is -0.156. The van der Waals surface area contributed by atoms with Crippen LogP contribution in [-0.2, 0) is 19.2 Å². The maximum atomic E-state index is 14.1. The lowest BCUT2D eigenvalue weighted by molar-refractivity contribution is -0.143. The van der Waals surface area contributed by atoms with Crippen molar-refractivity contribution in [1.82, 2.24) is 26.2 Å². The second kappa shape index (κ2) is 13.2. The smallest absolute Gasteiger partial charge is 0.315 e.